The number of hydrogen-bond donors (Lipinski definition) is 2. The molecule has 0 aliphatic rings. The SMILES string of the molecule is O=C(O)Cc1csc(Nc2ccc(Br)c3ccccc23)n1. The average molecular weight is 363 g/mol. The number of rotatable bonds is 4. The van der Waals surface area contributed by atoms with Crippen LogP contribution in [-0.4, -0.2) is 16.1 Å². The summed E-state index contributed by atoms with van der Waals surface area (Å²) in [6.07, 6.45) is -0.0563. The van der Waals surface area contributed by atoms with E-state index in [1.807, 2.05) is 36.4 Å². The third-order valence-corrected chi connectivity index (χ3v) is 4.49. The van der Waals surface area contributed by atoms with Gasteiger partial charge in [0, 0.05) is 20.9 Å². The molecule has 0 fully saturated rings. The summed E-state index contributed by atoms with van der Waals surface area (Å²) in [6.45, 7) is 0. The second kappa shape index (κ2) is 5.83. The van der Waals surface area contributed by atoms with E-state index in [2.05, 4.69) is 26.2 Å². The number of halogens is 1. The highest BCUT2D eigenvalue weighted by atomic mass is 79.9. The third-order valence-electron chi connectivity index (χ3n) is 3.00. The number of fused-ring (bicyclic) bond motifs is 1. The second-order valence-electron chi connectivity index (χ2n) is 4.48. The van der Waals surface area contributed by atoms with Crippen LogP contribution in [0.3, 0.4) is 0 Å². The Labute approximate surface area is 133 Å². The number of carboxylic acid groups (broad SMARTS) is 1. The fraction of sp³-hybridized carbons (Fsp3) is 0.0667. The van der Waals surface area contributed by atoms with Gasteiger partial charge < -0.3 is 10.4 Å². The van der Waals surface area contributed by atoms with E-state index in [0.29, 0.717) is 10.8 Å². The fourth-order valence-corrected chi connectivity index (χ4v) is 3.29. The van der Waals surface area contributed by atoms with Crippen molar-refractivity contribution in [3.8, 4) is 0 Å². The number of nitrogens with one attached hydrogen (secondary N) is 1. The number of thiazole rings is 1. The summed E-state index contributed by atoms with van der Waals surface area (Å²) in [5, 5.41) is 16.7. The van der Waals surface area contributed by atoms with Gasteiger partial charge in [-0.1, -0.05) is 40.2 Å². The van der Waals surface area contributed by atoms with Crippen molar-refractivity contribution in [3.05, 3.63) is 51.9 Å². The van der Waals surface area contributed by atoms with E-state index in [9.17, 15) is 4.79 Å². The number of hydrogen-bond acceptors (Lipinski definition) is 4. The van der Waals surface area contributed by atoms with Gasteiger partial charge in [0.15, 0.2) is 5.13 Å². The molecule has 1 aromatic heterocycles. The van der Waals surface area contributed by atoms with Crippen LogP contribution in [0.5, 0.6) is 0 Å². The smallest absolute Gasteiger partial charge is 0.309 e. The summed E-state index contributed by atoms with van der Waals surface area (Å²) in [7, 11) is 0. The number of carbonyl (C=O) groups is 1. The van der Waals surface area contributed by atoms with Crippen LogP contribution in [0.4, 0.5) is 10.8 Å². The Bertz CT molecular complexity index is 816. The highest BCUT2D eigenvalue weighted by molar-refractivity contribution is 9.10. The Morgan fingerprint density at radius 3 is 2.76 bits per heavy atom. The molecule has 1 heterocycles. The zero-order valence-corrected chi connectivity index (χ0v) is 13.2. The van der Waals surface area contributed by atoms with Gasteiger partial charge in [-0.3, -0.25) is 4.79 Å². The van der Waals surface area contributed by atoms with Crippen LogP contribution in [0.25, 0.3) is 10.8 Å². The lowest BCUT2D eigenvalue weighted by Gasteiger charge is -2.08. The molecule has 0 saturated heterocycles. The number of aromatic nitrogens is 1. The maximum absolute atomic E-state index is 10.7. The Balaban J connectivity index is 1.93. The molecule has 0 atom stereocenters. The van der Waals surface area contributed by atoms with Crippen LogP contribution in [-0.2, 0) is 11.2 Å². The minimum Gasteiger partial charge on any atom is -0.481 e. The number of anilines is 2. The van der Waals surface area contributed by atoms with Crippen LogP contribution < -0.4 is 5.32 Å². The molecule has 2 aromatic carbocycles. The van der Waals surface area contributed by atoms with Gasteiger partial charge in [0.05, 0.1) is 12.1 Å². The van der Waals surface area contributed by atoms with Crippen molar-refractivity contribution in [1.29, 1.82) is 0 Å². The van der Waals surface area contributed by atoms with E-state index >= 15 is 0 Å². The molecule has 4 nitrogen and oxygen atoms in total. The lowest BCUT2D eigenvalue weighted by atomic mass is 10.1. The van der Waals surface area contributed by atoms with E-state index in [1.165, 1.54) is 11.3 Å². The molecule has 0 saturated carbocycles. The quantitative estimate of drug-likeness (QED) is 0.720. The molecule has 0 bridgehead atoms. The van der Waals surface area contributed by atoms with Crippen LogP contribution in [0.15, 0.2) is 46.3 Å². The highest BCUT2D eigenvalue weighted by Gasteiger charge is 2.08. The molecule has 3 rings (SSSR count). The molecule has 0 unspecified atom stereocenters. The fourth-order valence-electron chi connectivity index (χ4n) is 2.09. The summed E-state index contributed by atoms with van der Waals surface area (Å²) in [6, 6.07) is 12.0. The van der Waals surface area contributed by atoms with Gasteiger partial charge in [0.2, 0.25) is 0 Å². The van der Waals surface area contributed by atoms with Crippen LogP contribution in [0.2, 0.25) is 0 Å². The maximum Gasteiger partial charge on any atom is 0.309 e. The van der Waals surface area contributed by atoms with Gasteiger partial charge in [-0.05, 0) is 17.5 Å². The zero-order chi connectivity index (χ0) is 14.8. The zero-order valence-electron chi connectivity index (χ0n) is 10.8. The summed E-state index contributed by atoms with van der Waals surface area (Å²) in [5.74, 6) is -0.874. The lowest BCUT2D eigenvalue weighted by Crippen LogP contribution is -2.00. The number of nitrogens with zero attached hydrogens (tertiary/aromatic N) is 1. The first-order valence-electron chi connectivity index (χ1n) is 6.24. The monoisotopic (exact) mass is 362 g/mol. The lowest BCUT2D eigenvalue weighted by molar-refractivity contribution is -0.136. The third kappa shape index (κ3) is 3.06. The van der Waals surface area contributed by atoms with Crippen molar-refractivity contribution in [2.75, 3.05) is 5.32 Å². The van der Waals surface area contributed by atoms with Gasteiger partial charge in [0.1, 0.15) is 0 Å². The molecule has 6 heteroatoms. The molecule has 0 radical (unpaired) electrons. The average Bonchev–Trinajstić information content (AvgIpc) is 2.89. The van der Waals surface area contributed by atoms with E-state index < -0.39 is 5.97 Å². The minimum atomic E-state index is -0.874. The van der Waals surface area contributed by atoms with Crippen molar-refractivity contribution in [2.24, 2.45) is 0 Å². The largest absolute Gasteiger partial charge is 0.481 e. The minimum absolute atomic E-state index is 0.0563. The van der Waals surface area contributed by atoms with E-state index in [0.717, 1.165) is 20.9 Å². The van der Waals surface area contributed by atoms with Crippen molar-refractivity contribution in [1.82, 2.24) is 4.98 Å². The first-order chi connectivity index (χ1) is 10.1. The van der Waals surface area contributed by atoms with E-state index in [-0.39, 0.29) is 6.42 Å². The first-order valence-corrected chi connectivity index (χ1v) is 7.91. The van der Waals surface area contributed by atoms with Gasteiger partial charge >= 0.3 is 5.97 Å². The van der Waals surface area contributed by atoms with Crippen molar-refractivity contribution >= 4 is 54.8 Å². The summed E-state index contributed by atoms with van der Waals surface area (Å²) >= 11 is 4.94. The molecule has 2 N–H and O–H groups in total. The number of carboxylic acids is 1. The van der Waals surface area contributed by atoms with Crippen molar-refractivity contribution in [3.63, 3.8) is 0 Å². The summed E-state index contributed by atoms with van der Waals surface area (Å²) in [4.78, 5) is 15.0. The standard InChI is InChI=1S/C15H11BrN2O2S/c16-12-5-6-13(11-4-2-1-3-10(11)12)18-15-17-9(8-21-15)7-14(19)20/h1-6,8H,7H2,(H,17,18)(H,19,20). The van der Waals surface area contributed by atoms with E-state index in [1.54, 1.807) is 5.38 Å². The van der Waals surface area contributed by atoms with Crippen LogP contribution in [0.1, 0.15) is 5.69 Å². The van der Waals surface area contributed by atoms with Gasteiger partial charge in [-0.2, -0.15) is 0 Å². The molecule has 0 amide bonds. The molecular weight excluding hydrogens is 352 g/mol. The maximum atomic E-state index is 10.7. The molecule has 106 valence electrons. The molecule has 0 aliphatic heterocycles. The topological polar surface area (TPSA) is 62.2 Å². The predicted molar refractivity (Wildman–Crippen MR) is 88.4 cm³/mol. The van der Waals surface area contributed by atoms with Gasteiger partial charge in [-0.15, -0.1) is 11.3 Å². The Kier molecular flexibility index (Phi) is 3.90. The number of aliphatic carboxylic acids is 1. The van der Waals surface area contributed by atoms with Gasteiger partial charge in [-0.25, -0.2) is 4.98 Å². The summed E-state index contributed by atoms with van der Waals surface area (Å²) < 4.78 is 1.04. The molecule has 3 aromatic rings. The second-order valence-corrected chi connectivity index (χ2v) is 6.19. The predicted octanol–water partition coefficient (Wildman–Crippen LogP) is 4.43. The molecule has 0 aliphatic carbocycles. The number of benzene rings is 2. The molecule has 0 spiro atoms. The van der Waals surface area contributed by atoms with Gasteiger partial charge in [0.25, 0.3) is 0 Å². The van der Waals surface area contributed by atoms with E-state index in [4.69, 9.17) is 5.11 Å². The first kappa shape index (κ1) is 14.0. The highest BCUT2D eigenvalue weighted by Crippen LogP contribution is 2.32. The van der Waals surface area contributed by atoms with Crippen molar-refractivity contribution < 1.29 is 9.90 Å². The normalized spacial score (nSPS) is 10.7. The summed E-state index contributed by atoms with van der Waals surface area (Å²) in [5.41, 5.74) is 1.52. The molecule has 21 heavy (non-hydrogen) atoms. The Morgan fingerprint density at radius 1 is 1.24 bits per heavy atom. The Morgan fingerprint density at radius 2 is 2.00 bits per heavy atom. The molecular formula is C15H11BrN2O2S. The Hall–Kier alpha value is -1.92. The van der Waals surface area contributed by atoms with Crippen LogP contribution >= 0.6 is 27.3 Å². The van der Waals surface area contributed by atoms with Crippen LogP contribution in [0, 0.1) is 0 Å². The van der Waals surface area contributed by atoms with Crippen molar-refractivity contribution in [2.45, 2.75) is 6.42 Å².